The number of hydrogen-bond acceptors (Lipinski definition) is 7. The van der Waals surface area contributed by atoms with Crippen LogP contribution in [-0.2, 0) is 13.1 Å². The number of carbonyl (C=O) groups excluding carboxylic acids is 1. The van der Waals surface area contributed by atoms with Gasteiger partial charge in [-0.3, -0.25) is 10.2 Å². The van der Waals surface area contributed by atoms with Gasteiger partial charge in [-0.1, -0.05) is 60.7 Å². The van der Waals surface area contributed by atoms with Crippen molar-refractivity contribution in [3.05, 3.63) is 125 Å². The van der Waals surface area contributed by atoms with Crippen molar-refractivity contribution in [3.8, 4) is 11.5 Å². The van der Waals surface area contributed by atoms with Crippen LogP contribution in [0.1, 0.15) is 31.8 Å². The Bertz CT molecular complexity index is 1440. The molecule has 0 saturated heterocycles. The number of ether oxygens (including phenoxy) is 1. The smallest absolute Gasteiger partial charge is 0.337 e. The Morgan fingerprint density at radius 1 is 0.816 bits per heavy atom. The Balaban J connectivity index is 1.40. The third-order valence-electron chi connectivity index (χ3n) is 5.90. The van der Waals surface area contributed by atoms with Crippen LogP contribution in [0, 0.1) is 0 Å². The van der Waals surface area contributed by atoms with Gasteiger partial charge >= 0.3 is 5.97 Å². The molecule has 9 heteroatoms. The molecular weight excluding hydrogens is 482 g/mol. The van der Waals surface area contributed by atoms with E-state index >= 15 is 0 Å². The maximum absolute atomic E-state index is 13.8. The molecule has 1 heterocycles. The molecule has 3 N–H and O–H groups in total. The van der Waals surface area contributed by atoms with Gasteiger partial charge in [0.1, 0.15) is 17.8 Å². The number of carbonyl (C=O) groups is 2. The molecule has 0 unspecified atom stereocenters. The first-order chi connectivity index (χ1) is 18.6. The van der Waals surface area contributed by atoms with Gasteiger partial charge in [-0.25, -0.2) is 4.79 Å². The van der Waals surface area contributed by atoms with E-state index in [0.717, 1.165) is 16.9 Å². The van der Waals surface area contributed by atoms with E-state index < -0.39 is 5.97 Å². The number of anilines is 1. The van der Waals surface area contributed by atoms with Crippen LogP contribution in [0.15, 0.2) is 108 Å². The summed E-state index contributed by atoms with van der Waals surface area (Å²) in [6, 6.07) is 31.3. The van der Waals surface area contributed by atoms with Crippen LogP contribution in [-0.4, -0.2) is 28.2 Å². The number of nitrogens with one attached hydrogen (secondary N) is 2. The van der Waals surface area contributed by atoms with Crippen molar-refractivity contribution in [2.24, 2.45) is 5.10 Å². The molecule has 0 radical (unpaired) electrons. The molecule has 4 aromatic carbocycles. The first-order valence-electron chi connectivity index (χ1n) is 11.9. The van der Waals surface area contributed by atoms with Gasteiger partial charge in [-0.05, 0) is 53.6 Å². The lowest BCUT2D eigenvalue weighted by Gasteiger charge is -2.25. The van der Waals surface area contributed by atoms with E-state index in [9.17, 15) is 14.7 Å². The highest BCUT2D eigenvalue weighted by molar-refractivity contribution is 6.00. The zero-order valence-corrected chi connectivity index (χ0v) is 20.3. The summed E-state index contributed by atoms with van der Waals surface area (Å²) in [5.74, 6) is 0.0852. The molecule has 1 aliphatic rings. The predicted molar refractivity (Wildman–Crippen MR) is 144 cm³/mol. The number of nitrogens with zero attached hydrogens (tertiary/aromatic N) is 3. The maximum atomic E-state index is 13.8. The summed E-state index contributed by atoms with van der Waals surface area (Å²) in [6.45, 7) is 0.722. The van der Waals surface area contributed by atoms with Gasteiger partial charge in [-0.15, -0.1) is 5.10 Å². The number of carboxylic acid groups (broad SMARTS) is 1. The van der Waals surface area contributed by atoms with E-state index in [1.165, 1.54) is 29.7 Å². The fraction of sp³-hybridized carbons (Fsp3) is 0.0690. The lowest BCUT2D eigenvalue weighted by Crippen LogP contribution is -2.40. The lowest BCUT2D eigenvalue weighted by molar-refractivity contribution is 0.0692. The summed E-state index contributed by atoms with van der Waals surface area (Å²) in [7, 11) is 0. The van der Waals surface area contributed by atoms with Gasteiger partial charge in [0.25, 0.3) is 5.91 Å². The van der Waals surface area contributed by atoms with Gasteiger partial charge in [0.15, 0.2) is 0 Å². The number of amides is 1. The third kappa shape index (κ3) is 5.73. The van der Waals surface area contributed by atoms with Crippen molar-refractivity contribution < 1.29 is 19.4 Å². The molecule has 190 valence electrons. The quantitative estimate of drug-likeness (QED) is 0.299. The molecule has 0 aromatic heterocycles. The zero-order valence-electron chi connectivity index (χ0n) is 20.3. The summed E-state index contributed by atoms with van der Waals surface area (Å²) in [5, 5.41) is 14.8. The fourth-order valence-corrected chi connectivity index (χ4v) is 4.05. The first-order valence-corrected chi connectivity index (χ1v) is 11.9. The largest absolute Gasteiger partial charge is 0.478 e. The minimum Gasteiger partial charge on any atom is -0.478 e. The van der Waals surface area contributed by atoms with Crippen LogP contribution >= 0.6 is 0 Å². The monoisotopic (exact) mass is 507 g/mol. The molecule has 5 rings (SSSR count). The molecule has 0 bridgehead atoms. The van der Waals surface area contributed by atoms with Crippen LogP contribution in [0.25, 0.3) is 0 Å². The third-order valence-corrected chi connectivity index (χ3v) is 5.90. The van der Waals surface area contributed by atoms with Crippen LogP contribution in [0.4, 0.5) is 5.69 Å². The molecule has 9 nitrogen and oxygen atoms in total. The van der Waals surface area contributed by atoms with E-state index in [4.69, 9.17) is 4.74 Å². The second-order valence-electron chi connectivity index (χ2n) is 8.57. The summed E-state index contributed by atoms with van der Waals surface area (Å²) < 4.78 is 5.89. The molecule has 38 heavy (non-hydrogen) atoms. The molecule has 1 amide bonds. The summed E-state index contributed by atoms with van der Waals surface area (Å²) in [4.78, 5) is 27.3. The molecule has 0 saturated carbocycles. The number of hydrogen-bond donors (Lipinski definition) is 3. The number of hydrazine groups is 2. The van der Waals surface area contributed by atoms with E-state index in [-0.39, 0.29) is 17.2 Å². The number of benzene rings is 4. The SMILES string of the molecule is O=C(O)c1ccc(C(=O)N(Cc2ccccc2)Cc2ccc(Oc3ccccc3)cc2)cc1N1NC=NN1. The Kier molecular flexibility index (Phi) is 7.17. The molecule has 4 aromatic rings. The number of aromatic carboxylic acids is 1. The van der Waals surface area contributed by atoms with E-state index in [0.29, 0.717) is 24.4 Å². The van der Waals surface area contributed by atoms with Gasteiger partial charge in [0.05, 0.1) is 11.3 Å². The fourth-order valence-electron chi connectivity index (χ4n) is 4.05. The zero-order chi connectivity index (χ0) is 26.3. The first kappa shape index (κ1) is 24.4. The minimum absolute atomic E-state index is 0.0238. The van der Waals surface area contributed by atoms with Gasteiger partial charge in [0, 0.05) is 18.7 Å². The van der Waals surface area contributed by atoms with Gasteiger partial charge < -0.3 is 14.7 Å². The number of rotatable bonds is 9. The van der Waals surface area contributed by atoms with Crippen molar-refractivity contribution in [2.75, 3.05) is 5.12 Å². The normalized spacial score (nSPS) is 11.9. The highest BCUT2D eigenvalue weighted by Crippen LogP contribution is 2.25. The Hall–Kier alpha value is -5.31. The van der Waals surface area contributed by atoms with Crippen LogP contribution in [0.3, 0.4) is 0 Å². The van der Waals surface area contributed by atoms with Gasteiger partial charge in [-0.2, -0.15) is 10.7 Å². The summed E-state index contributed by atoms with van der Waals surface area (Å²) in [5.41, 5.74) is 7.99. The highest BCUT2D eigenvalue weighted by atomic mass is 16.5. The van der Waals surface area contributed by atoms with Crippen LogP contribution in [0.2, 0.25) is 0 Å². The molecule has 0 spiro atoms. The number of hydrazone groups is 1. The van der Waals surface area contributed by atoms with Crippen molar-refractivity contribution in [1.29, 1.82) is 0 Å². The number of para-hydroxylation sites is 1. The van der Waals surface area contributed by atoms with E-state index in [1.807, 2.05) is 84.9 Å². The summed E-state index contributed by atoms with van der Waals surface area (Å²) in [6.07, 6.45) is 1.38. The van der Waals surface area contributed by atoms with Crippen LogP contribution in [0.5, 0.6) is 11.5 Å². The second kappa shape index (κ2) is 11.2. The molecule has 1 aliphatic heterocycles. The van der Waals surface area contributed by atoms with Crippen molar-refractivity contribution in [3.63, 3.8) is 0 Å². The standard InChI is InChI=1S/C29H25N5O4/c35-28(23-13-16-26(29(36)37)27(17-23)34-31-20-30-32-34)33(18-21-7-3-1-4-8-21)19-22-11-14-25(15-12-22)38-24-9-5-2-6-10-24/h1-17,20,32H,18-19H2,(H,30,31)(H,36,37). The van der Waals surface area contributed by atoms with Gasteiger partial charge in [0.2, 0.25) is 0 Å². The maximum Gasteiger partial charge on any atom is 0.337 e. The minimum atomic E-state index is -1.12. The Morgan fingerprint density at radius 3 is 2.08 bits per heavy atom. The Labute approximate surface area is 219 Å². The van der Waals surface area contributed by atoms with E-state index in [1.54, 1.807) is 4.90 Å². The summed E-state index contributed by atoms with van der Waals surface area (Å²) >= 11 is 0. The van der Waals surface area contributed by atoms with E-state index in [2.05, 4.69) is 16.1 Å². The van der Waals surface area contributed by atoms with Crippen molar-refractivity contribution in [2.45, 2.75) is 13.1 Å². The second-order valence-corrected chi connectivity index (χ2v) is 8.57. The Morgan fingerprint density at radius 2 is 1.45 bits per heavy atom. The van der Waals surface area contributed by atoms with Crippen molar-refractivity contribution >= 4 is 23.9 Å². The predicted octanol–water partition coefficient (Wildman–Crippen LogP) is 4.79. The number of carboxylic acids is 1. The van der Waals surface area contributed by atoms with Crippen molar-refractivity contribution in [1.82, 2.24) is 15.9 Å². The average Bonchev–Trinajstić information content (AvgIpc) is 3.49. The average molecular weight is 508 g/mol. The van der Waals surface area contributed by atoms with Crippen LogP contribution < -0.4 is 20.8 Å². The topological polar surface area (TPSA) is 106 Å². The molecule has 0 fully saturated rings. The molecule has 0 atom stereocenters. The highest BCUT2D eigenvalue weighted by Gasteiger charge is 2.23. The lowest BCUT2D eigenvalue weighted by atomic mass is 10.1. The molecule has 0 aliphatic carbocycles. The molecular formula is C29H25N5O4.